The number of hydrazone groups is 1. The van der Waals surface area contributed by atoms with Crippen molar-refractivity contribution >= 4 is 28.9 Å². The predicted molar refractivity (Wildman–Crippen MR) is 102 cm³/mol. The van der Waals surface area contributed by atoms with Gasteiger partial charge < -0.3 is 15.1 Å². The lowest BCUT2D eigenvalue weighted by Gasteiger charge is -2.29. The van der Waals surface area contributed by atoms with Crippen LogP contribution in [-0.4, -0.2) is 34.7 Å². The van der Waals surface area contributed by atoms with Crippen molar-refractivity contribution in [1.29, 1.82) is 0 Å². The van der Waals surface area contributed by atoms with Crippen LogP contribution in [0.3, 0.4) is 0 Å². The van der Waals surface area contributed by atoms with Gasteiger partial charge in [-0.25, -0.2) is 0 Å². The van der Waals surface area contributed by atoms with E-state index in [1.54, 1.807) is 0 Å². The molecule has 136 valence electrons. The van der Waals surface area contributed by atoms with E-state index in [0.29, 0.717) is 5.76 Å². The molecule has 0 radical (unpaired) electrons. The predicted octanol–water partition coefficient (Wildman–Crippen LogP) is 2.72. The van der Waals surface area contributed by atoms with Gasteiger partial charge in [-0.2, -0.15) is 5.10 Å². The lowest BCUT2D eigenvalue weighted by Crippen LogP contribution is -2.35. The van der Waals surface area contributed by atoms with E-state index in [-0.39, 0.29) is 16.4 Å². The van der Waals surface area contributed by atoms with Gasteiger partial charge >= 0.3 is 0 Å². The lowest BCUT2D eigenvalue weighted by atomic mass is 9.75. The molecular formula is C18H26N4O2S. The van der Waals surface area contributed by atoms with Gasteiger partial charge in [0.2, 0.25) is 0 Å². The van der Waals surface area contributed by atoms with E-state index >= 15 is 0 Å². The molecule has 1 saturated heterocycles. The third kappa shape index (κ3) is 3.71. The molecule has 1 aliphatic heterocycles. The molecule has 25 heavy (non-hydrogen) atoms. The number of piperidine rings is 1. The number of furan rings is 1. The number of nitrogens with two attached hydrogens (primary N) is 1. The van der Waals surface area contributed by atoms with Gasteiger partial charge in [-0.15, -0.1) is 0 Å². The standard InChI is InChI=1S/C18H26N4O2S/c1-11-14-12(20-21-17(19)25)9-18(2,3)10-13(14)24-15(11)16(23)22-7-5-4-6-8-22/h4-10H2,1-3H3,(H3,19,21,25)/b20-12-. The molecule has 7 heteroatoms. The van der Waals surface area contributed by atoms with Gasteiger partial charge in [0, 0.05) is 30.6 Å². The summed E-state index contributed by atoms with van der Waals surface area (Å²) in [4.78, 5) is 14.8. The Labute approximate surface area is 153 Å². The van der Waals surface area contributed by atoms with Gasteiger partial charge in [-0.05, 0) is 50.2 Å². The molecular weight excluding hydrogens is 336 g/mol. The van der Waals surface area contributed by atoms with Gasteiger partial charge in [0.15, 0.2) is 10.9 Å². The molecule has 3 rings (SSSR count). The van der Waals surface area contributed by atoms with Gasteiger partial charge in [0.1, 0.15) is 5.76 Å². The highest BCUT2D eigenvalue weighted by Gasteiger charge is 2.37. The Bertz CT molecular complexity index is 730. The third-order valence-corrected chi connectivity index (χ3v) is 5.02. The van der Waals surface area contributed by atoms with Crippen LogP contribution < -0.4 is 11.2 Å². The quantitative estimate of drug-likeness (QED) is 0.624. The van der Waals surface area contributed by atoms with Crippen molar-refractivity contribution in [2.24, 2.45) is 16.3 Å². The highest BCUT2D eigenvalue weighted by molar-refractivity contribution is 7.80. The summed E-state index contributed by atoms with van der Waals surface area (Å²) in [6.45, 7) is 7.87. The fraction of sp³-hybridized carbons (Fsp3) is 0.611. The number of hydrogen-bond acceptors (Lipinski definition) is 4. The van der Waals surface area contributed by atoms with Crippen LogP contribution in [0.25, 0.3) is 0 Å². The van der Waals surface area contributed by atoms with Crippen molar-refractivity contribution in [2.75, 3.05) is 13.1 Å². The Kier molecular flexibility index (Phi) is 4.86. The third-order valence-electron chi connectivity index (χ3n) is 4.93. The minimum absolute atomic E-state index is 0.000530. The fourth-order valence-electron chi connectivity index (χ4n) is 3.78. The molecule has 2 heterocycles. The fourth-order valence-corrected chi connectivity index (χ4v) is 3.82. The summed E-state index contributed by atoms with van der Waals surface area (Å²) < 4.78 is 6.06. The van der Waals surface area contributed by atoms with Crippen molar-refractivity contribution < 1.29 is 9.21 Å². The van der Waals surface area contributed by atoms with Crippen LogP contribution in [0, 0.1) is 12.3 Å². The van der Waals surface area contributed by atoms with Crippen LogP contribution in [0.5, 0.6) is 0 Å². The smallest absolute Gasteiger partial charge is 0.289 e. The van der Waals surface area contributed by atoms with Crippen molar-refractivity contribution in [3.63, 3.8) is 0 Å². The Balaban J connectivity index is 1.98. The Morgan fingerprint density at radius 2 is 1.96 bits per heavy atom. The number of rotatable bonds is 2. The summed E-state index contributed by atoms with van der Waals surface area (Å²) in [6.07, 6.45) is 4.86. The van der Waals surface area contributed by atoms with Gasteiger partial charge in [0.25, 0.3) is 5.91 Å². The van der Waals surface area contributed by atoms with Crippen LogP contribution >= 0.6 is 12.2 Å². The molecule has 0 atom stereocenters. The number of nitrogens with zero attached hydrogens (tertiary/aromatic N) is 2. The van der Waals surface area contributed by atoms with E-state index < -0.39 is 0 Å². The summed E-state index contributed by atoms with van der Waals surface area (Å²) in [5.74, 6) is 1.27. The monoisotopic (exact) mass is 362 g/mol. The SMILES string of the molecule is Cc1c(C(=O)N2CCCCC2)oc2c1/C(=N\NC(N)=S)CC(C)(C)C2. The maximum absolute atomic E-state index is 12.9. The molecule has 0 unspecified atom stereocenters. The van der Waals surface area contributed by atoms with Crippen molar-refractivity contribution in [1.82, 2.24) is 10.3 Å². The van der Waals surface area contributed by atoms with E-state index in [2.05, 4.69) is 24.4 Å². The zero-order chi connectivity index (χ0) is 18.2. The number of carbonyl (C=O) groups is 1. The molecule has 2 aliphatic rings. The van der Waals surface area contributed by atoms with Gasteiger partial charge in [-0.1, -0.05) is 13.8 Å². The Morgan fingerprint density at radius 1 is 1.28 bits per heavy atom. The number of carbonyl (C=O) groups excluding carboxylic acids is 1. The largest absolute Gasteiger partial charge is 0.455 e. The molecule has 3 N–H and O–H groups in total. The average Bonchev–Trinajstić information content (AvgIpc) is 2.88. The Morgan fingerprint density at radius 3 is 2.60 bits per heavy atom. The van der Waals surface area contributed by atoms with Crippen LogP contribution in [0.2, 0.25) is 0 Å². The molecule has 1 fully saturated rings. The summed E-state index contributed by atoms with van der Waals surface area (Å²) in [5, 5.41) is 4.51. The molecule has 1 amide bonds. The maximum atomic E-state index is 12.9. The minimum atomic E-state index is -0.00828. The highest BCUT2D eigenvalue weighted by Crippen LogP contribution is 2.39. The summed E-state index contributed by atoms with van der Waals surface area (Å²) in [7, 11) is 0. The van der Waals surface area contributed by atoms with E-state index in [0.717, 1.165) is 61.4 Å². The van der Waals surface area contributed by atoms with E-state index in [9.17, 15) is 4.79 Å². The minimum Gasteiger partial charge on any atom is -0.455 e. The summed E-state index contributed by atoms with van der Waals surface area (Å²) >= 11 is 4.86. The topological polar surface area (TPSA) is 83.9 Å². The van der Waals surface area contributed by atoms with Crippen LogP contribution in [0.15, 0.2) is 9.52 Å². The number of nitrogens with one attached hydrogen (secondary N) is 1. The highest BCUT2D eigenvalue weighted by atomic mass is 32.1. The first-order chi connectivity index (χ1) is 11.8. The number of amides is 1. The normalized spacial score (nSPS) is 21.1. The van der Waals surface area contributed by atoms with E-state index in [4.69, 9.17) is 22.4 Å². The molecule has 1 aromatic rings. The van der Waals surface area contributed by atoms with Crippen molar-refractivity contribution in [3.05, 3.63) is 22.6 Å². The second kappa shape index (κ2) is 6.78. The van der Waals surface area contributed by atoms with Crippen molar-refractivity contribution in [3.8, 4) is 0 Å². The van der Waals surface area contributed by atoms with Crippen LogP contribution in [0.4, 0.5) is 0 Å². The molecule has 0 bridgehead atoms. The average molecular weight is 362 g/mol. The Hall–Kier alpha value is -1.89. The van der Waals surface area contributed by atoms with Crippen LogP contribution in [-0.2, 0) is 6.42 Å². The lowest BCUT2D eigenvalue weighted by molar-refractivity contribution is 0.0688. The van der Waals surface area contributed by atoms with E-state index in [1.165, 1.54) is 6.42 Å². The summed E-state index contributed by atoms with van der Waals surface area (Å²) in [5.41, 5.74) is 10.8. The number of fused-ring (bicyclic) bond motifs is 1. The zero-order valence-corrected chi connectivity index (χ0v) is 16.0. The first kappa shape index (κ1) is 17.9. The van der Waals surface area contributed by atoms with Crippen molar-refractivity contribution in [2.45, 2.75) is 52.9 Å². The van der Waals surface area contributed by atoms with Gasteiger partial charge in [0.05, 0.1) is 5.71 Å². The molecule has 0 aromatic carbocycles. The summed E-state index contributed by atoms with van der Waals surface area (Å²) in [6, 6.07) is 0. The second-order valence-corrected chi connectivity index (χ2v) is 8.20. The molecule has 1 aromatic heterocycles. The second-order valence-electron chi connectivity index (χ2n) is 7.76. The first-order valence-corrected chi connectivity index (χ1v) is 9.23. The number of thiocarbonyl (C=S) groups is 1. The maximum Gasteiger partial charge on any atom is 0.289 e. The molecule has 0 spiro atoms. The zero-order valence-electron chi connectivity index (χ0n) is 15.1. The number of hydrogen-bond donors (Lipinski definition) is 2. The van der Waals surface area contributed by atoms with E-state index in [1.807, 2.05) is 11.8 Å². The number of likely N-dealkylation sites (tertiary alicyclic amines) is 1. The van der Waals surface area contributed by atoms with Gasteiger partial charge in [-0.3, -0.25) is 10.2 Å². The molecule has 1 aliphatic carbocycles. The molecule has 0 saturated carbocycles. The molecule has 6 nitrogen and oxygen atoms in total. The first-order valence-electron chi connectivity index (χ1n) is 8.82. The van der Waals surface area contributed by atoms with Crippen LogP contribution in [0.1, 0.15) is 67.0 Å².